The lowest BCUT2D eigenvalue weighted by atomic mass is 10.1. The molecule has 0 bridgehead atoms. The van der Waals surface area contributed by atoms with Crippen LogP contribution in [0.3, 0.4) is 0 Å². The van der Waals surface area contributed by atoms with Crippen LogP contribution in [0.25, 0.3) is 6.08 Å². The molecule has 0 saturated heterocycles. The molecule has 0 spiro atoms. The molecule has 0 amide bonds. The van der Waals surface area contributed by atoms with Crippen molar-refractivity contribution in [2.45, 2.75) is 20.8 Å². The summed E-state index contributed by atoms with van der Waals surface area (Å²) in [7, 11) is 0. The maximum absolute atomic E-state index is 5.75. The molecule has 17 heavy (non-hydrogen) atoms. The zero-order valence-electron chi connectivity index (χ0n) is 10.6. The fourth-order valence-electron chi connectivity index (χ4n) is 1.61. The van der Waals surface area contributed by atoms with Crippen molar-refractivity contribution in [1.82, 2.24) is 4.98 Å². The number of alkyl halides is 1. The molecule has 3 heteroatoms. The van der Waals surface area contributed by atoms with E-state index >= 15 is 0 Å². The SMILES string of the molecule is C=CCOc1c(C)c(C)nc(C)c1/C=C/CBr. The van der Waals surface area contributed by atoms with Gasteiger partial charge >= 0.3 is 0 Å². The van der Waals surface area contributed by atoms with Gasteiger partial charge in [-0.2, -0.15) is 0 Å². The van der Waals surface area contributed by atoms with E-state index in [2.05, 4.69) is 27.5 Å². The molecule has 0 radical (unpaired) electrons. The molecule has 0 saturated carbocycles. The monoisotopic (exact) mass is 295 g/mol. The predicted molar refractivity (Wildman–Crippen MR) is 77.0 cm³/mol. The minimum absolute atomic E-state index is 0.513. The largest absolute Gasteiger partial charge is 0.489 e. The number of hydrogen-bond donors (Lipinski definition) is 0. The van der Waals surface area contributed by atoms with Crippen molar-refractivity contribution >= 4 is 22.0 Å². The normalized spacial score (nSPS) is 10.8. The van der Waals surface area contributed by atoms with Crippen LogP contribution < -0.4 is 4.74 Å². The van der Waals surface area contributed by atoms with Crippen LogP contribution in [0, 0.1) is 20.8 Å². The lowest BCUT2D eigenvalue weighted by Crippen LogP contribution is -2.03. The highest BCUT2D eigenvalue weighted by molar-refractivity contribution is 9.09. The number of aromatic nitrogens is 1. The quantitative estimate of drug-likeness (QED) is 0.605. The van der Waals surface area contributed by atoms with Gasteiger partial charge in [0.25, 0.3) is 0 Å². The number of hydrogen-bond acceptors (Lipinski definition) is 2. The molecule has 2 nitrogen and oxygen atoms in total. The average Bonchev–Trinajstić information content (AvgIpc) is 2.30. The second-order valence-electron chi connectivity index (χ2n) is 3.81. The Balaban J connectivity index is 3.27. The van der Waals surface area contributed by atoms with Gasteiger partial charge in [-0.15, -0.1) is 0 Å². The first-order chi connectivity index (χ1) is 8.11. The summed E-state index contributed by atoms with van der Waals surface area (Å²) in [5.41, 5.74) is 4.14. The Kier molecular flexibility index (Phi) is 5.42. The Labute approximate surface area is 112 Å². The van der Waals surface area contributed by atoms with Gasteiger partial charge in [-0.25, -0.2) is 0 Å². The van der Waals surface area contributed by atoms with Crippen molar-refractivity contribution < 1.29 is 4.74 Å². The van der Waals surface area contributed by atoms with E-state index in [1.54, 1.807) is 6.08 Å². The molecule has 1 aromatic heterocycles. The highest BCUT2D eigenvalue weighted by Gasteiger charge is 2.11. The second kappa shape index (κ2) is 6.60. The molecule has 1 rings (SSSR count). The van der Waals surface area contributed by atoms with E-state index in [0.717, 1.165) is 33.6 Å². The topological polar surface area (TPSA) is 22.1 Å². The summed E-state index contributed by atoms with van der Waals surface area (Å²) in [5, 5.41) is 0.820. The number of allylic oxidation sites excluding steroid dienone is 1. The zero-order valence-corrected chi connectivity index (χ0v) is 12.2. The highest BCUT2D eigenvalue weighted by Crippen LogP contribution is 2.29. The van der Waals surface area contributed by atoms with Crippen LogP contribution in [-0.4, -0.2) is 16.9 Å². The number of aryl methyl sites for hydroxylation is 2. The maximum atomic E-state index is 5.75. The summed E-state index contributed by atoms with van der Waals surface area (Å²) in [6.07, 6.45) is 5.84. The van der Waals surface area contributed by atoms with Gasteiger partial charge in [-0.3, -0.25) is 4.98 Å². The second-order valence-corrected chi connectivity index (χ2v) is 4.45. The summed E-state index contributed by atoms with van der Waals surface area (Å²) in [5.74, 6) is 0.909. The van der Waals surface area contributed by atoms with E-state index in [1.165, 1.54) is 0 Å². The Bertz CT molecular complexity index is 438. The van der Waals surface area contributed by atoms with Crippen molar-refractivity contribution in [3.63, 3.8) is 0 Å². The smallest absolute Gasteiger partial charge is 0.133 e. The molecule has 0 fully saturated rings. The molecule has 92 valence electrons. The molecule has 1 heterocycles. The third-order valence-corrected chi connectivity index (χ3v) is 2.95. The lowest BCUT2D eigenvalue weighted by Gasteiger charge is -2.14. The number of halogens is 1. The van der Waals surface area contributed by atoms with Crippen molar-refractivity contribution in [1.29, 1.82) is 0 Å². The van der Waals surface area contributed by atoms with Crippen LogP contribution in [0.5, 0.6) is 5.75 Å². The zero-order chi connectivity index (χ0) is 12.8. The van der Waals surface area contributed by atoms with E-state index in [1.807, 2.05) is 32.9 Å². The molecule has 0 aliphatic carbocycles. The minimum Gasteiger partial charge on any atom is -0.489 e. The van der Waals surface area contributed by atoms with Crippen LogP contribution >= 0.6 is 15.9 Å². The number of pyridine rings is 1. The molecule has 0 atom stereocenters. The fraction of sp³-hybridized carbons (Fsp3) is 0.357. The first-order valence-corrected chi connectivity index (χ1v) is 6.68. The Hall–Kier alpha value is -1.09. The Morgan fingerprint density at radius 3 is 2.59 bits per heavy atom. The van der Waals surface area contributed by atoms with Gasteiger partial charge < -0.3 is 4.74 Å². The molecular weight excluding hydrogens is 278 g/mol. The van der Waals surface area contributed by atoms with Gasteiger partial charge in [-0.1, -0.05) is 40.7 Å². The lowest BCUT2D eigenvalue weighted by molar-refractivity contribution is 0.358. The third kappa shape index (κ3) is 3.43. The number of ether oxygens (including phenoxy) is 1. The van der Waals surface area contributed by atoms with Gasteiger partial charge in [0.1, 0.15) is 12.4 Å². The van der Waals surface area contributed by atoms with Crippen LogP contribution in [-0.2, 0) is 0 Å². The molecular formula is C14H18BrNO. The first kappa shape index (κ1) is 14.0. The standard InChI is InChI=1S/C14H18BrNO/c1-5-9-17-14-10(2)11(3)16-12(4)13(14)7-6-8-15/h5-7H,1,8-9H2,2-4H3/b7-6+. The minimum atomic E-state index is 0.513. The van der Waals surface area contributed by atoms with Gasteiger partial charge in [0.15, 0.2) is 0 Å². The molecule has 0 N–H and O–H groups in total. The first-order valence-electron chi connectivity index (χ1n) is 5.55. The summed E-state index contributed by atoms with van der Waals surface area (Å²) in [4.78, 5) is 4.52. The third-order valence-electron chi connectivity index (χ3n) is 2.57. The van der Waals surface area contributed by atoms with Crippen LogP contribution in [0.2, 0.25) is 0 Å². The van der Waals surface area contributed by atoms with Crippen LogP contribution in [0.15, 0.2) is 18.7 Å². The summed E-state index contributed by atoms with van der Waals surface area (Å²) in [6, 6.07) is 0. The predicted octanol–water partition coefficient (Wildman–Crippen LogP) is 3.98. The summed E-state index contributed by atoms with van der Waals surface area (Å²) in [6.45, 7) is 10.2. The van der Waals surface area contributed by atoms with Gasteiger partial charge in [0.2, 0.25) is 0 Å². The average molecular weight is 296 g/mol. The van der Waals surface area contributed by atoms with Crippen molar-refractivity contribution in [2.75, 3.05) is 11.9 Å². The van der Waals surface area contributed by atoms with Crippen LogP contribution in [0.4, 0.5) is 0 Å². The van der Waals surface area contributed by atoms with E-state index < -0.39 is 0 Å². The number of nitrogens with zero attached hydrogens (tertiary/aromatic N) is 1. The highest BCUT2D eigenvalue weighted by atomic mass is 79.9. The maximum Gasteiger partial charge on any atom is 0.133 e. The molecule has 0 aliphatic rings. The summed E-state index contributed by atoms with van der Waals surface area (Å²) < 4.78 is 5.75. The molecule has 1 aromatic rings. The van der Waals surface area contributed by atoms with Crippen molar-refractivity contribution in [3.8, 4) is 5.75 Å². The van der Waals surface area contributed by atoms with E-state index in [9.17, 15) is 0 Å². The van der Waals surface area contributed by atoms with Gasteiger partial charge in [0, 0.05) is 27.8 Å². The Morgan fingerprint density at radius 1 is 1.29 bits per heavy atom. The van der Waals surface area contributed by atoms with Gasteiger partial charge in [0.05, 0.1) is 0 Å². The summed E-state index contributed by atoms with van der Waals surface area (Å²) >= 11 is 3.38. The fourth-order valence-corrected chi connectivity index (χ4v) is 1.80. The van der Waals surface area contributed by atoms with E-state index in [-0.39, 0.29) is 0 Å². The molecule has 0 unspecified atom stereocenters. The van der Waals surface area contributed by atoms with Crippen molar-refractivity contribution in [2.24, 2.45) is 0 Å². The Morgan fingerprint density at radius 2 is 2.00 bits per heavy atom. The van der Waals surface area contributed by atoms with Gasteiger partial charge in [-0.05, 0) is 20.8 Å². The molecule has 0 aliphatic heterocycles. The van der Waals surface area contributed by atoms with E-state index in [0.29, 0.717) is 6.61 Å². The van der Waals surface area contributed by atoms with Crippen LogP contribution in [0.1, 0.15) is 22.5 Å². The molecule has 0 aromatic carbocycles. The van der Waals surface area contributed by atoms with E-state index in [4.69, 9.17) is 4.74 Å². The number of rotatable bonds is 5. The van der Waals surface area contributed by atoms with Crippen molar-refractivity contribution in [3.05, 3.63) is 41.2 Å².